The number of hydrogen-bond donors (Lipinski definition) is 2. The summed E-state index contributed by atoms with van der Waals surface area (Å²) in [7, 11) is -3.64. The number of nitrogens with one attached hydrogen (secondary N) is 2. The molecule has 2 N–H and O–H groups in total. The summed E-state index contributed by atoms with van der Waals surface area (Å²) in [6, 6.07) is 11.7. The van der Waals surface area contributed by atoms with Crippen LogP contribution in [0, 0.1) is 12.8 Å². The second-order valence-electron chi connectivity index (χ2n) is 7.44. The highest BCUT2D eigenvalue weighted by Crippen LogP contribution is 2.37. The number of hydrogen-bond acceptors (Lipinski definition) is 6. The van der Waals surface area contributed by atoms with Crippen molar-refractivity contribution in [2.75, 3.05) is 31.3 Å². The Bertz CT molecular complexity index is 1100. The van der Waals surface area contributed by atoms with Gasteiger partial charge in [-0.25, -0.2) is 13.1 Å². The molecule has 2 aromatic rings. The molecule has 31 heavy (non-hydrogen) atoms. The lowest BCUT2D eigenvalue weighted by atomic mass is 10.1. The minimum absolute atomic E-state index is 0.0501. The van der Waals surface area contributed by atoms with Gasteiger partial charge in [0, 0.05) is 37.8 Å². The van der Waals surface area contributed by atoms with E-state index in [-0.39, 0.29) is 49.6 Å². The minimum atomic E-state index is -3.64. The molecule has 164 valence electrons. The van der Waals surface area contributed by atoms with Gasteiger partial charge in [-0.2, -0.15) is 0 Å². The molecule has 1 atom stereocenters. The zero-order valence-electron chi connectivity index (χ0n) is 17.0. The summed E-state index contributed by atoms with van der Waals surface area (Å²) in [6.45, 7) is 2.44. The van der Waals surface area contributed by atoms with Crippen LogP contribution >= 0.6 is 0 Å². The molecule has 1 fully saturated rings. The van der Waals surface area contributed by atoms with Gasteiger partial charge in [-0.15, -0.1) is 0 Å². The molecule has 0 saturated carbocycles. The van der Waals surface area contributed by atoms with E-state index in [9.17, 15) is 18.0 Å². The molecule has 2 amide bonds. The molecule has 4 rings (SSSR count). The monoisotopic (exact) mass is 445 g/mol. The van der Waals surface area contributed by atoms with Crippen molar-refractivity contribution in [2.45, 2.75) is 18.2 Å². The number of amides is 2. The maximum absolute atomic E-state index is 12.5. The molecular formula is C21H23N3O6S. The highest BCUT2D eigenvalue weighted by atomic mass is 32.2. The molecule has 0 radical (unpaired) electrons. The van der Waals surface area contributed by atoms with Crippen molar-refractivity contribution in [1.29, 1.82) is 0 Å². The molecule has 0 bridgehead atoms. The normalized spacial score (nSPS) is 17.8. The number of ether oxygens (including phenoxy) is 2. The number of anilines is 1. The molecule has 0 aliphatic carbocycles. The van der Waals surface area contributed by atoms with E-state index >= 15 is 0 Å². The molecule has 10 heteroatoms. The van der Waals surface area contributed by atoms with Crippen molar-refractivity contribution < 1.29 is 27.5 Å². The third kappa shape index (κ3) is 4.64. The molecule has 2 aliphatic rings. The van der Waals surface area contributed by atoms with Gasteiger partial charge in [0.25, 0.3) is 0 Å². The number of carbonyl (C=O) groups is 2. The molecule has 1 saturated heterocycles. The smallest absolute Gasteiger partial charge is 0.240 e. The van der Waals surface area contributed by atoms with Crippen LogP contribution in [0.15, 0.2) is 47.4 Å². The zero-order valence-corrected chi connectivity index (χ0v) is 17.8. The van der Waals surface area contributed by atoms with E-state index in [1.54, 1.807) is 35.2 Å². The van der Waals surface area contributed by atoms with Gasteiger partial charge >= 0.3 is 0 Å². The van der Waals surface area contributed by atoms with Crippen molar-refractivity contribution in [3.8, 4) is 11.5 Å². The first kappa shape index (κ1) is 21.1. The first-order valence-electron chi connectivity index (χ1n) is 9.87. The van der Waals surface area contributed by atoms with E-state index < -0.39 is 15.9 Å². The van der Waals surface area contributed by atoms with Crippen molar-refractivity contribution in [3.05, 3.63) is 48.0 Å². The summed E-state index contributed by atoms with van der Waals surface area (Å²) in [4.78, 5) is 26.6. The van der Waals surface area contributed by atoms with Crippen molar-refractivity contribution >= 4 is 27.5 Å². The number of benzene rings is 2. The van der Waals surface area contributed by atoms with E-state index in [4.69, 9.17) is 9.47 Å². The molecule has 1 unspecified atom stereocenters. The second kappa shape index (κ2) is 8.56. The molecule has 2 aliphatic heterocycles. The van der Waals surface area contributed by atoms with Crippen LogP contribution in [0.25, 0.3) is 0 Å². The van der Waals surface area contributed by atoms with E-state index in [0.717, 1.165) is 5.56 Å². The van der Waals surface area contributed by atoms with Crippen molar-refractivity contribution in [3.63, 3.8) is 0 Å². The molecule has 9 nitrogen and oxygen atoms in total. The third-order valence-electron chi connectivity index (χ3n) is 5.21. The van der Waals surface area contributed by atoms with Gasteiger partial charge in [0.15, 0.2) is 11.5 Å². The molecule has 2 heterocycles. The fourth-order valence-corrected chi connectivity index (χ4v) is 4.53. The Morgan fingerprint density at radius 2 is 1.84 bits per heavy atom. The summed E-state index contributed by atoms with van der Waals surface area (Å²) in [5, 5.41) is 2.70. The van der Waals surface area contributed by atoms with Crippen LogP contribution < -0.4 is 24.4 Å². The Labute approximate surface area is 180 Å². The highest BCUT2D eigenvalue weighted by Gasteiger charge is 2.35. The fraction of sp³-hybridized carbons (Fsp3) is 0.333. The van der Waals surface area contributed by atoms with E-state index in [1.165, 1.54) is 12.1 Å². The minimum Gasteiger partial charge on any atom is -0.454 e. The van der Waals surface area contributed by atoms with Gasteiger partial charge in [-0.1, -0.05) is 17.7 Å². The number of sulfonamides is 1. The number of nitrogens with zero attached hydrogens (tertiary/aromatic N) is 1. The first-order chi connectivity index (χ1) is 14.8. The number of aryl methyl sites for hydroxylation is 1. The number of fused-ring (bicyclic) bond motifs is 1. The average molecular weight is 445 g/mol. The van der Waals surface area contributed by atoms with Gasteiger partial charge in [-0.3, -0.25) is 9.59 Å². The SMILES string of the molecule is Cc1ccc(S(=O)(=O)NCCNC(=O)C2CC(=O)N(c3ccc4c(c3)OCO4)C2)cc1. The summed E-state index contributed by atoms with van der Waals surface area (Å²) in [5.41, 5.74) is 1.61. The second-order valence-corrected chi connectivity index (χ2v) is 9.21. The van der Waals surface area contributed by atoms with Gasteiger partial charge < -0.3 is 19.7 Å². The van der Waals surface area contributed by atoms with Gasteiger partial charge in [0.1, 0.15) is 0 Å². The Morgan fingerprint density at radius 3 is 2.61 bits per heavy atom. The van der Waals surface area contributed by atoms with Crippen LogP contribution in [0.1, 0.15) is 12.0 Å². The lowest BCUT2D eigenvalue weighted by Gasteiger charge is -2.17. The van der Waals surface area contributed by atoms with Gasteiger partial charge in [0.2, 0.25) is 28.6 Å². The highest BCUT2D eigenvalue weighted by molar-refractivity contribution is 7.89. The summed E-state index contributed by atoms with van der Waals surface area (Å²) in [6.07, 6.45) is 0.0926. The van der Waals surface area contributed by atoms with Crippen LogP contribution in [-0.4, -0.2) is 46.7 Å². The van der Waals surface area contributed by atoms with Gasteiger partial charge in [-0.05, 0) is 31.2 Å². The number of carbonyl (C=O) groups excluding carboxylic acids is 2. The average Bonchev–Trinajstić information content (AvgIpc) is 3.37. The van der Waals surface area contributed by atoms with Crippen LogP contribution in [0.2, 0.25) is 0 Å². The Kier molecular flexibility index (Phi) is 5.84. The maximum Gasteiger partial charge on any atom is 0.240 e. The third-order valence-corrected chi connectivity index (χ3v) is 6.69. The summed E-state index contributed by atoms with van der Waals surface area (Å²) >= 11 is 0. The summed E-state index contributed by atoms with van der Waals surface area (Å²) in [5.74, 6) is 0.244. The predicted molar refractivity (Wildman–Crippen MR) is 112 cm³/mol. The number of rotatable bonds is 7. The van der Waals surface area contributed by atoms with Crippen LogP contribution in [0.3, 0.4) is 0 Å². The Balaban J connectivity index is 1.27. The molecule has 0 spiro atoms. The lowest BCUT2D eigenvalue weighted by Crippen LogP contribution is -2.38. The maximum atomic E-state index is 12.5. The van der Waals surface area contributed by atoms with E-state index in [2.05, 4.69) is 10.0 Å². The van der Waals surface area contributed by atoms with Crippen LogP contribution in [0.4, 0.5) is 5.69 Å². The van der Waals surface area contributed by atoms with E-state index in [0.29, 0.717) is 17.2 Å². The van der Waals surface area contributed by atoms with Crippen LogP contribution in [-0.2, 0) is 19.6 Å². The fourth-order valence-electron chi connectivity index (χ4n) is 3.50. The Hall–Kier alpha value is -3.11. The quantitative estimate of drug-likeness (QED) is 0.619. The standard InChI is InChI=1S/C21H23N3O6S/c1-14-2-5-17(6-3-14)31(27,28)23-9-8-22-21(26)15-10-20(25)24(12-15)16-4-7-18-19(11-16)30-13-29-18/h2-7,11,15,23H,8-10,12-13H2,1H3,(H,22,26). The Morgan fingerprint density at radius 1 is 1.10 bits per heavy atom. The summed E-state index contributed by atoms with van der Waals surface area (Å²) < 4.78 is 37.6. The molecular weight excluding hydrogens is 422 g/mol. The zero-order chi connectivity index (χ0) is 22.0. The topological polar surface area (TPSA) is 114 Å². The van der Waals surface area contributed by atoms with Gasteiger partial charge in [0.05, 0.1) is 10.8 Å². The lowest BCUT2D eigenvalue weighted by molar-refractivity contribution is -0.126. The van der Waals surface area contributed by atoms with E-state index in [1.807, 2.05) is 6.92 Å². The molecule has 2 aromatic carbocycles. The van der Waals surface area contributed by atoms with Crippen molar-refractivity contribution in [1.82, 2.24) is 10.0 Å². The predicted octanol–water partition coefficient (Wildman–Crippen LogP) is 1.17. The largest absolute Gasteiger partial charge is 0.454 e. The van der Waals surface area contributed by atoms with Crippen LogP contribution in [0.5, 0.6) is 11.5 Å². The van der Waals surface area contributed by atoms with Crippen molar-refractivity contribution in [2.24, 2.45) is 5.92 Å². The first-order valence-corrected chi connectivity index (χ1v) is 11.4. The molecule has 0 aromatic heterocycles.